The number of nitrogens with one attached hydrogen (secondary N) is 1. The summed E-state index contributed by atoms with van der Waals surface area (Å²) in [5.41, 5.74) is 2.44. The Kier molecular flexibility index (Phi) is 2.84. The fraction of sp³-hybridized carbons (Fsp3) is 0.700. The number of hydrogen-bond donors (Lipinski definition) is 2. The Hall–Kier alpha value is -0.870. The summed E-state index contributed by atoms with van der Waals surface area (Å²) in [6.07, 6.45) is 4.25. The molecule has 2 rings (SSSR count). The van der Waals surface area contributed by atoms with E-state index in [2.05, 4.69) is 22.0 Å². The Balaban J connectivity index is 2.13. The number of likely N-dealkylation sites (tertiary alicyclic amines) is 1. The van der Waals surface area contributed by atoms with Gasteiger partial charge >= 0.3 is 0 Å². The molecule has 0 spiro atoms. The number of aryl methyl sites for hydroxylation is 1. The van der Waals surface area contributed by atoms with Gasteiger partial charge in [-0.1, -0.05) is 0 Å². The number of β-amino-alcohol motifs (C(OH)–C–C–N with tert-alkyl or cyclic N) is 1. The number of aromatic nitrogens is 2. The number of aromatic amines is 1. The monoisotopic (exact) mass is 195 g/mol. The maximum atomic E-state index is 8.94. The van der Waals surface area contributed by atoms with Gasteiger partial charge in [-0.3, -0.25) is 10.00 Å². The maximum absolute atomic E-state index is 8.94. The van der Waals surface area contributed by atoms with E-state index >= 15 is 0 Å². The van der Waals surface area contributed by atoms with E-state index < -0.39 is 0 Å². The van der Waals surface area contributed by atoms with Crippen LogP contribution in [0.2, 0.25) is 0 Å². The molecule has 1 unspecified atom stereocenters. The minimum Gasteiger partial charge on any atom is -0.395 e. The first-order valence-electron chi connectivity index (χ1n) is 5.17. The normalized spacial score (nSPS) is 23.1. The van der Waals surface area contributed by atoms with Gasteiger partial charge in [-0.25, -0.2) is 0 Å². The molecule has 0 bridgehead atoms. The van der Waals surface area contributed by atoms with Gasteiger partial charge in [-0.15, -0.1) is 0 Å². The molecule has 14 heavy (non-hydrogen) atoms. The molecule has 1 aliphatic heterocycles. The van der Waals surface area contributed by atoms with Gasteiger partial charge in [-0.05, 0) is 31.9 Å². The van der Waals surface area contributed by atoms with Crippen LogP contribution in [-0.2, 0) is 0 Å². The van der Waals surface area contributed by atoms with Crippen LogP contribution in [0, 0.1) is 6.92 Å². The van der Waals surface area contributed by atoms with Crippen molar-refractivity contribution in [2.24, 2.45) is 0 Å². The largest absolute Gasteiger partial charge is 0.395 e. The zero-order chi connectivity index (χ0) is 9.97. The zero-order valence-corrected chi connectivity index (χ0v) is 8.53. The van der Waals surface area contributed by atoms with Crippen LogP contribution in [0.4, 0.5) is 0 Å². The summed E-state index contributed by atoms with van der Waals surface area (Å²) in [5, 5.41) is 16.1. The number of aliphatic hydroxyl groups is 1. The molecular formula is C10H17N3O. The first-order valence-corrected chi connectivity index (χ1v) is 5.17. The molecule has 4 heteroatoms. The van der Waals surface area contributed by atoms with Crippen molar-refractivity contribution in [2.45, 2.75) is 25.8 Å². The van der Waals surface area contributed by atoms with Crippen molar-refractivity contribution in [3.05, 3.63) is 17.5 Å². The van der Waals surface area contributed by atoms with Gasteiger partial charge in [0.15, 0.2) is 0 Å². The van der Waals surface area contributed by atoms with E-state index in [0.29, 0.717) is 6.04 Å². The van der Waals surface area contributed by atoms with Crippen molar-refractivity contribution in [2.75, 3.05) is 19.7 Å². The van der Waals surface area contributed by atoms with E-state index in [4.69, 9.17) is 5.11 Å². The van der Waals surface area contributed by atoms with Gasteiger partial charge in [0.25, 0.3) is 0 Å². The Morgan fingerprint density at radius 3 is 3.21 bits per heavy atom. The quantitative estimate of drug-likeness (QED) is 0.751. The molecule has 1 aliphatic rings. The highest BCUT2D eigenvalue weighted by atomic mass is 16.3. The van der Waals surface area contributed by atoms with E-state index in [-0.39, 0.29) is 6.61 Å². The molecular weight excluding hydrogens is 178 g/mol. The Bertz CT molecular complexity index is 297. The first-order chi connectivity index (χ1) is 6.83. The van der Waals surface area contributed by atoms with Crippen LogP contribution in [0.25, 0.3) is 0 Å². The van der Waals surface area contributed by atoms with Crippen molar-refractivity contribution in [1.29, 1.82) is 0 Å². The summed E-state index contributed by atoms with van der Waals surface area (Å²) in [6, 6.07) is 0.435. The standard InChI is InChI=1S/C10H17N3O/c1-8-7-11-12-10(8)9-3-2-4-13(9)5-6-14/h7,9,14H,2-6H2,1H3,(H,11,12). The fourth-order valence-corrected chi connectivity index (χ4v) is 2.24. The summed E-state index contributed by atoms with van der Waals surface area (Å²) in [7, 11) is 0. The Morgan fingerprint density at radius 2 is 2.57 bits per heavy atom. The lowest BCUT2D eigenvalue weighted by Gasteiger charge is -2.22. The first kappa shape index (κ1) is 9.68. The Morgan fingerprint density at radius 1 is 1.71 bits per heavy atom. The second-order valence-electron chi connectivity index (χ2n) is 3.88. The summed E-state index contributed by atoms with van der Waals surface area (Å²) < 4.78 is 0. The van der Waals surface area contributed by atoms with Gasteiger partial charge in [0.1, 0.15) is 0 Å². The van der Waals surface area contributed by atoms with Gasteiger partial charge < -0.3 is 5.11 Å². The predicted octanol–water partition coefficient (Wildman–Crippen LogP) is 0.847. The minimum absolute atomic E-state index is 0.240. The van der Waals surface area contributed by atoms with E-state index in [0.717, 1.165) is 13.1 Å². The number of aliphatic hydroxyl groups excluding tert-OH is 1. The molecule has 0 radical (unpaired) electrons. The molecule has 0 aromatic carbocycles. The lowest BCUT2D eigenvalue weighted by atomic mass is 10.1. The number of rotatable bonds is 3. The second-order valence-corrected chi connectivity index (χ2v) is 3.88. The van der Waals surface area contributed by atoms with Crippen LogP contribution in [0.15, 0.2) is 6.20 Å². The van der Waals surface area contributed by atoms with Gasteiger partial charge in [0, 0.05) is 6.54 Å². The molecule has 2 N–H and O–H groups in total. The van der Waals surface area contributed by atoms with E-state index in [1.165, 1.54) is 24.1 Å². The third-order valence-electron chi connectivity index (χ3n) is 2.95. The molecule has 4 nitrogen and oxygen atoms in total. The van der Waals surface area contributed by atoms with E-state index in [1.807, 2.05) is 6.20 Å². The third kappa shape index (κ3) is 1.67. The molecule has 1 fully saturated rings. The van der Waals surface area contributed by atoms with Crippen LogP contribution < -0.4 is 0 Å². The van der Waals surface area contributed by atoms with E-state index in [1.54, 1.807) is 0 Å². The number of hydrogen-bond acceptors (Lipinski definition) is 3. The SMILES string of the molecule is Cc1cn[nH]c1C1CCCN1CCO. The lowest BCUT2D eigenvalue weighted by Crippen LogP contribution is -2.27. The third-order valence-corrected chi connectivity index (χ3v) is 2.95. The smallest absolute Gasteiger partial charge is 0.0558 e. The zero-order valence-electron chi connectivity index (χ0n) is 8.53. The molecule has 1 atom stereocenters. The summed E-state index contributed by atoms with van der Waals surface area (Å²) in [5.74, 6) is 0. The highest BCUT2D eigenvalue weighted by molar-refractivity contribution is 5.19. The lowest BCUT2D eigenvalue weighted by molar-refractivity contribution is 0.183. The van der Waals surface area contributed by atoms with Gasteiger partial charge in [-0.2, -0.15) is 5.10 Å². The van der Waals surface area contributed by atoms with Crippen LogP contribution >= 0.6 is 0 Å². The molecule has 1 saturated heterocycles. The molecule has 0 aliphatic carbocycles. The van der Waals surface area contributed by atoms with Crippen molar-refractivity contribution in [1.82, 2.24) is 15.1 Å². The molecule has 1 aromatic heterocycles. The fourth-order valence-electron chi connectivity index (χ4n) is 2.24. The molecule has 1 aromatic rings. The molecule has 0 amide bonds. The average Bonchev–Trinajstić information content (AvgIpc) is 2.74. The molecule has 2 heterocycles. The summed E-state index contributed by atoms with van der Waals surface area (Å²) >= 11 is 0. The van der Waals surface area contributed by atoms with Crippen molar-refractivity contribution in [3.63, 3.8) is 0 Å². The molecule has 0 saturated carbocycles. The van der Waals surface area contributed by atoms with Gasteiger partial charge in [0.2, 0.25) is 0 Å². The number of nitrogens with zero attached hydrogens (tertiary/aromatic N) is 2. The number of H-pyrrole nitrogens is 1. The summed E-state index contributed by atoms with van der Waals surface area (Å²) in [6.45, 7) is 4.17. The maximum Gasteiger partial charge on any atom is 0.0558 e. The van der Waals surface area contributed by atoms with Crippen LogP contribution in [0.5, 0.6) is 0 Å². The van der Waals surface area contributed by atoms with Crippen molar-refractivity contribution in [3.8, 4) is 0 Å². The average molecular weight is 195 g/mol. The van der Waals surface area contributed by atoms with Crippen molar-refractivity contribution < 1.29 is 5.11 Å². The topological polar surface area (TPSA) is 52.2 Å². The van der Waals surface area contributed by atoms with E-state index in [9.17, 15) is 0 Å². The van der Waals surface area contributed by atoms with Crippen molar-refractivity contribution >= 4 is 0 Å². The van der Waals surface area contributed by atoms with Crippen LogP contribution in [0.3, 0.4) is 0 Å². The second kappa shape index (κ2) is 4.11. The predicted molar refractivity (Wildman–Crippen MR) is 54.0 cm³/mol. The minimum atomic E-state index is 0.240. The highest BCUT2D eigenvalue weighted by Gasteiger charge is 2.27. The van der Waals surface area contributed by atoms with Crippen LogP contribution in [-0.4, -0.2) is 39.9 Å². The highest BCUT2D eigenvalue weighted by Crippen LogP contribution is 2.31. The Labute approximate surface area is 83.9 Å². The molecule has 78 valence electrons. The summed E-state index contributed by atoms with van der Waals surface area (Å²) in [4.78, 5) is 2.32. The van der Waals surface area contributed by atoms with Crippen LogP contribution in [0.1, 0.15) is 30.1 Å². The van der Waals surface area contributed by atoms with Gasteiger partial charge in [0.05, 0.1) is 24.5 Å².